The molecule has 2 N–H and O–H groups in total. The third-order valence-electron chi connectivity index (χ3n) is 2.91. The second kappa shape index (κ2) is 4.16. The lowest BCUT2D eigenvalue weighted by Gasteiger charge is -2.32. The van der Waals surface area contributed by atoms with Gasteiger partial charge in [0.1, 0.15) is 0 Å². The van der Waals surface area contributed by atoms with E-state index in [4.69, 9.17) is 0 Å². The van der Waals surface area contributed by atoms with E-state index in [1.807, 2.05) is 6.20 Å². The Morgan fingerprint density at radius 1 is 1.60 bits per heavy atom. The molecule has 82 valence electrons. The first kappa shape index (κ1) is 10.4. The van der Waals surface area contributed by atoms with Crippen LogP contribution in [-0.4, -0.2) is 33.6 Å². The van der Waals surface area contributed by atoms with Crippen molar-refractivity contribution in [1.82, 2.24) is 15.1 Å². The molecule has 15 heavy (non-hydrogen) atoms. The van der Waals surface area contributed by atoms with Gasteiger partial charge in [-0.05, 0) is 31.5 Å². The van der Waals surface area contributed by atoms with Crippen LogP contribution < -0.4 is 5.32 Å². The smallest absolute Gasteiger partial charge is 0.0713 e. The Hall–Kier alpha value is -1.13. The van der Waals surface area contributed by atoms with E-state index in [9.17, 15) is 5.11 Å². The molecule has 0 radical (unpaired) electrons. The minimum atomic E-state index is -0.555. The average Bonchev–Trinajstić information content (AvgIpc) is 2.66. The predicted octanol–water partition coefficient (Wildman–Crippen LogP) is 0.641. The van der Waals surface area contributed by atoms with Crippen LogP contribution in [0, 0.1) is 0 Å². The highest BCUT2D eigenvalue weighted by Gasteiger charge is 2.29. The molecule has 0 aliphatic carbocycles. The summed E-state index contributed by atoms with van der Waals surface area (Å²) in [6.07, 6.45) is 7.66. The summed E-state index contributed by atoms with van der Waals surface area (Å²) in [7, 11) is 0. The molecule has 0 aromatic carbocycles. The van der Waals surface area contributed by atoms with Gasteiger partial charge < -0.3 is 10.4 Å². The lowest BCUT2D eigenvalue weighted by atomic mass is 9.87. The Morgan fingerprint density at radius 3 is 2.93 bits per heavy atom. The molecule has 0 unspecified atom stereocenters. The van der Waals surface area contributed by atoms with Crippen molar-refractivity contribution in [1.29, 1.82) is 0 Å². The van der Waals surface area contributed by atoms with E-state index in [1.54, 1.807) is 17.1 Å². The first-order valence-corrected chi connectivity index (χ1v) is 5.31. The molecule has 1 aliphatic rings. The summed E-state index contributed by atoms with van der Waals surface area (Å²) >= 11 is 0. The number of nitrogens with one attached hydrogen (secondary N) is 1. The first-order valence-electron chi connectivity index (χ1n) is 5.31. The summed E-state index contributed by atoms with van der Waals surface area (Å²) in [5.41, 5.74) is 0.514. The van der Waals surface area contributed by atoms with Gasteiger partial charge in [0.05, 0.1) is 11.8 Å². The van der Waals surface area contributed by atoms with Crippen LogP contribution in [0.2, 0.25) is 0 Å². The Balaban J connectivity index is 2.03. The number of rotatable bonds is 3. The minimum Gasteiger partial charge on any atom is -0.389 e. The third-order valence-corrected chi connectivity index (χ3v) is 2.91. The zero-order valence-corrected chi connectivity index (χ0v) is 8.82. The molecule has 0 atom stereocenters. The van der Waals surface area contributed by atoms with Gasteiger partial charge >= 0.3 is 0 Å². The van der Waals surface area contributed by atoms with Gasteiger partial charge in [-0.25, -0.2) is 4.68 Å². The summed E-state index contributed by atoms with van der Waals surface area (Å²) in [4.78, 5) is 0. The number of hydrogen-bond donors (Lipinski definition) is 2. The highest BCUT2D eigenvalue weighted by molar-refractivity contribution is 5.19. The van der Waals surface area contributed by atoms with Gasteiger partial charge in [0.2, 0.25) is 0 Å². The molecule has 4 nitrogen and oxygen atoms in total. The fourth-order valence-electron chi connectivity index (χ4n) is 2.02. The van der Waals surface area contributed by atoms with Crippen molar-refractivity contribution < 1.29 is 5.11 Å². The van der Waals surface area contributed by atoms with Crippen molar-refractivity contribution >= 4 is 6.20 Å². The molecule has 0 saturated carbocycles. The van der Waals surface area contributed by atoms with Crippen molar-refractivity contribution in [2.24, 2.45) is 0 Å². The molecule has 1 aliphatic heterocycles. The number of aliphatic hydroxyl groups is 1. The van der Waals surface area contributed by atoms with Crippen LogP contribution in [0.15, 0.2) is 19.0 Å². The molecule has 0 spiro atoms. The number of piperidine rings is 1. The Kier molecular flexibility index (Phi) is 2.88. The molecular formula is C11H17N3O. The highest BCUT2D eigenvalue weighted by atomic mass is 16.3. The largest absolute Gasteiger partial charge is 0.389 e. The van der Waals surface area contributed by atoms with Crippen molar-refractivity contribution in [3.05, 3.63) is 24.5 Å². The normalized spacial score (nSPS) is 20.1. The van der Waals surface area contributed by atoms with Gasteiger partial charge in [-0.2, -0.15) is 5.10 Å². The van der Waals surface area contributed by atoms with Gasteiger partial charge in [0.25, 0.3) is 0 Å². The van der Waals surface area contributed by atoms with Gasteiger partial charge in [-0.1, -0.05) is 6.58 Å². The van der Waals surface area contributed by atoms with Crippen molar-refractivity contribution in [2.45, 2.75) is 24.9 Å². The number of aromatic nitrogens is 2. The molecule has 0 bridgehead atoms. The maximum Gasteiger partial charge on any atom is 0.0713 e. The van der Waals surface area contributed by atoms with Crippen LogP contribution in [0.4, 0.5) is 0 Å². The number of nitrogens with zero attached hydrogens (tertiary/aromatic N) is 2. The van der Waals surface area contributed by atoms with E-state index in [1.165, 1.54) is 0 Å². The zero-order valence-electron chi connectivity index (χ0n) is 8.82. The first-order chi connectivity index (χ1) is 7.22. The summed E-state index contributed by atoms with van der Waals surface area (Å²) in [6, 6.07) is 0. The molecule has 1 fully saturated rings. The lowest BCUT2D eigenvalue weighted by Crippen LogP contribution is -2.43. The molecule has 2 rings (SSSR count). The Bertz CT molecular complexity index is 339. The quantitative estimate of drug-likeness (QED) is 0.764. The molecule has 2 heterocycles. The maximum absolute atomic E-state index is 10.3. The van der Waals surface area contributed by atoms with Crippen molar-refractivity contribution in [3.63, 3.8) is 0 Å². The standard InChI is InChI=1S/C11H17N3O/c1-2-14-9-10(8-13-14)7-11(15)3-5-12-6-4-11/h2,8-9,12,15H,1,3-7H2. The van der Waals surface area contributed by atoms with Crippen LogP contribution in [-0.2, 0) is 6.42 Å². The van der Waals surface area contributed by atoms with E-state index >= 15 is 0 Å². The fraction of sp³-hybridized carbons (Fsp3) is 0.545. The van der Waals surface area contributed by atoms with Crippen LogP contribution in [0.3, 0.4) is 0 Å². The minimum absolute atomic E-state index is 0.555. The van der Waals surface area contributed by atoms with Crippen LogP contribution in [0.25, 0.3) is 6.20 Å². The highest BCUT2D eigenvalue weighted by Crippen LogP contribution is 2.22. The van der Waals surface area contributed by atoms with Gasteiger partial charge in [0.15, 0.2) is 0 Å². The maximum atomic E-state index is 10.3. The van der Waals surface area contributed by atoms with E-state index < -0.39 is 5.60 Å². The molecule has 1 saturated heterocycles. The van der Waals surface area contributed by atoms with E-state index in [0.717, 1.165) is 31.5 Å². The second-order valence-electron chi connectivity index (χ2n) is 4.16. The topological polar surface area (TPSA) is 50.1 Å². The Morgan fingerprint density at radius 2 is 2.33 bits per heavy atom. The SMILES string of the molecule is C=Cn1cc(CC2(O)CCNCC2)cn1. The second-order valence-corrected chi connectivity index (χ2v) is 4.16. The van der Waals surface area contributed by atoms with Crippen molar-refractivity contribution in [3.8, 4) is 0 Å². The van der Waals surface area contributed by atoms with E-state index in [2.05, 4.69) is 17.0 Å². The van der Waals surface area contributed by atoms with E-state index in [0.29, 0.717) is 6.42 Å². The van der Waals surface area contributed by atoms with Crippen LogP contribution in [0.1, 0.15) is 18.4 Å². The summed E-state index contributed by atoms with van der Waals surface area (Å²) in [5, 5.41) is 17.7. The summed E-state index contributed by atoms with van der Waals surface area (Å²) < 4.78 is 1.67. The van der Waals surface area contributed by atoms with Crippen molar-refractivity contribution in [2.75, 3.05) is 13.1 Å². The molecule has 1 aromatic rings. The fourth-order valence-corrected chi connectivity index (χ4v) is 2.02. The van der Waals surface area contributed by atoms with Crippen LogP contribution in [0.5, 0.6) is 0 Å². The predicted molar refractivity (Wildman–Crippen MR) is 59.4 cm³/mol. The number of hydrogen-bond acceptors (Lipinski definition) is 3. The lowest BCUT2D eigenvalue weighted by molar-refractivity contribution is 0.0109. The van der Waals surface area contributed by atoms with Gasteiger partial charge in [-0.15, -0.1) is 0 Å². The third kappa shape index (κ3) is 2.46. The Labute approximate surface area is 89.6 Å². The van der Waals surface area contributed by atoms with Gasteiger partial charge in [-0.3, -0.25) is 0 Å². The summed E-state index contributed by atoms with van der Waals surface area (Å²) in [6.45, 7) is 5.43. The zero-order chi connectivity index (χ0) is 10.7. The average molecular weight is 207 g/mol. The molecule has 0 amide bonds. The van der Waals surface area contributed by atoms with E-state index in [-0.39, 0.29) is 0 Å². The molecular weight excluding hydrogens is 190 g/mol. The molecule has 1 aromatic heterocycles. The molecule has 4 heteroatoms. The van der Waals surface area contributed by atoms with Gasteiger partial charge in [0, 0.05) is 18.8 Å². The van der Waals surface area contributed by atoms with Crippen LogP contribution >= 0.6 is 0 Å². The monoisotopic (exact) mass is 207 g/mol. The summed E-state index contributed by atoms with van der Waals surface area (Å²) in [5.74, 6) is 0.